The molecule has 2 rings (SSSR count). The second kappa shape index (κ2) is 6.75. The van der Waals surface area contributed by atoms with Crippen molar-refractivity contribution in [2.24, 2.45) is 0 Å². The number of rotatable bonds is 6. The third-order valence-corrected chi connectivity index (χ3v) is 3.20. The average Bonchev–Trinajstić information content (AvgIpc) is 2.52. The maximum Gasteiger partial charge on any atom is 0.163 e. The Labute approximate surface area is 119 Å². The maximum atomic E-state index is 12.1. The zero-order valence-electron chi connectivity index (χ0n) is 11.8. The molecule has 0 spiro atoms. The van der Waals surface area contributed by atoms with E-state index in [-0.39, 0.29) is 5.78 Å². The van der Waals surface area contributed by atoms with Gasteiger partial charge >= 0.3 is 0 Å². The highest BCUT2D eigenvalue weighted by atomic mass is 16.5. The van der Waals surface area contributed by atoms with E-state index in [0.717, 1.165) is 11.1 Å². The molecule has 0 saturated carbocycles. The Kier molecular flexibility index (Phi) is 4.77. The van der Waals surface area contributed by atoms with Gasteiger partial charge in [0.25, 0.3) is 0 Å². The van der Waals surface area contributed by atoms with Crippen molar-refractivity contribution in [1.29, 1.82) is 0 Å². The van der Waals surface area contributed by atoms with Gasteiger partial charge in [-0.25, -0.2) is 0 Å². The summed E-state index contributed by atoms with van der Waals surface area (Å²) in [6.07, 6.45) is 1.08. The number of hydrogen-bond donors (Lipinski definition) is 0. The maximum absolute atomic E-state index is 12.1. The first kappa shape index (κ1) is 14.1. The Bertz CT molecular complexity index is 576. The molecule has 2 aromatic rings. The van der Waals surface area contributed by atoms with E-state index in [4.69, 9.17) is 9.47 Å². The summed E-state index contributed by atoms with van der Waals surface area (Å²) in [5, 5.41) is 0. The number of ketones is 1. The van der Waals surface area contributed by atoms with Crippen molar-refractivity contribution in [1.82, 2.24) is 0 Å². The van der Waals surface area contributed by atoms with Crippen LogP contribution in [0, 0.1) is 0 Å². The van der Waals surface area contributed by atoms with Gasteiger partial charge in [-0.1, -0.05) is 42.5 Å². The molecule has 3 nitrogen and oxygen atoms in total. The first-order valence-corrected chi connectivity index (χ1v) is 6.54. The largest absolute Gasteiger partial charge is 0.493 e. The van der Waals surface area contributed by atoms with Crippen molar-refractivity contribution in [2.75, 3.05) is 14.2 Å². The van der Waals surface area contributed by atoms with Crippen LogP contribution in [0.2, 0.25) is 0 Å². The number of methoxy groups -OCH3 is 2. The summed E-state index contributed by atoms with van der Waals surface area (Å²) in [7, 11) is 3.22. The van der Waals surface area contributed by atoms with Crippen LogP contribution in [0.5, 0.6) is 11.5 Å². The van der Waals surface area contributed by atoms with Crippen LogP contribution in [0.25, 0.3) is 0 Å². The summed E-state index contributed by atoms with van der Waals surface area (Å²) >= 11 is 0. The quantitative estimate of drug-likeness (QED) is 0.753. The first-order chi connectivity index (χ1) is 9.76. The van der Waals surface area contributed by atoms with E-state index in [1.54, 1.807) is 14.2 Å². The van der Waals surface area contributed by atoms with Crippen molar-refractivity contribution in [3.63, 3.8) is 0 Å². The van der Waals surface area contributed by atoms with Gasteiger partial charge in [0, 0.05) is 12.0 Å². The van der Waals surface area contributed by atoms with Crippen LogP contribution in [-0.4, -0.2) is 20.0 Å². The monoisotopic (exact) mass is 270 g/mol. The molecule has 0 amide bonds. The molecule has 0 fully saturated rings. The predicted octanol–water partition coefficient (Wildman–Crippen LogP) is 3.52. The minimum Gasteiger partial charge on any atom is -0.493 e. The molecule has 20 heavy (non-hydrogen) atoms. The average molecular weight is 270 g/mol. The number of ether oxygens (including phenoxy) is 2. The van der Waals surface area contributed by atoms with Crippen LogP contribution in [0.4, 0.5) is 0 Å². The second-order valence-corrected chi connectivity index (χ2v) is 4.44. The SMILES string of the molecule is COc1cccc(CCC(=O)c2ccccc2)c1OC. The van der Waals surface area contributed by atoms with E-state index in [1.807, 2.05) is 48.5 Å². The Morgan fingerprint density at radius 3 is 2.35 bits per heavy atom. The van der Waals surface area contributed by atoms with E-state index in [9.17, 15) is 4.79 Å². The Morgan fingerprint density at radius 1 is 0.950 bits per heavy atom. The molecule has 0 aromatic heterocycles. The second-order valence-electron chi connectivity index (χ2n) is 4.44. The molecule has 0 saturated heterocycles. The van der Waals surface area contributed by atoms with Gasteiger partial charge in [0.05, 0.1) is 14.2 Å². The topological polar surface area (TPSA) is 35.5 Å². The van der Waals surface area contributed by atoms with Crippen molar-refractivity contribution >= 4 is 5.78 Å². The third-order valence-electron chi connectivity index (χ3n) is 3.20. The van der Waals surface area contributed by atoms with Crippen LogP contribution in [0.15, 0.2) is 48.5 Å². The molecule has 0 N–H and O–H groups in total. The minimum absolute atomic E-state index is 0.135. The highest BCUT2D eigenvalue weighted by Gasteiger charge is 2.11. The van der Waals surface area contributed by atoms with Crippen LogP contribution < -0.4 is 9.47 Å². The first-order valence-electron chi connectivity index (χ1n) is 6.54. The highest BCUT2D eigenvalue weighted by Crippen LogP contribution is 2.31. The van der Waals surface area contributed by atoms with E-state index >= 15 is 0 Å². The number of aryl methyl sites for hydroxylation is 1. The molecular formula is C17H18O3. The Balaban J connectivity index is 2.10. The number of Topliss-reactive ketones (excluding diaryl/α,β-unsaturated/α-hetero) is 1. The normalized spacial score (nSPS) is 10.1. The summed E-state index contributed by atoms with van der Waals surface area (Å²) in [5.41, 5.74) is 1.73. The predicted molar refractivity (Wildman–Crippen MR) is 78.6 cm³/mol. The zero-order valence-corrected chi connectivity index (χ0v) is 11.8. The highest BCUT2D eigenvalue weighted by molar-refractivity contribution is 5.96. The van der Waals surface area contributed by atoms with Gasteiger partial charge in [-0.15, -0.1) is 0 Å². The van der Waals surface area contributed by atoms with Crippen molar-refractivity contribution in [3.8, 4) is 11.5 Å². The molecule has 0 heterocycles. The summed E-state index contributed by atoms with van der Waals surface area (Å²) in [6.45, 7) is 0. The van der Waals surface area contributed by atoms with Crippen molar-refractivity contribution in [2.45, 2.75) is 12.8 Å². The van der Waals surface area contributed by atoms with Gasteiger partial charge in [-0.05, 0) is 18.1 Å². The molecule has 0 aliphatic heterocycles. The molecule has 104 valence electrons. The lowest BCUT2D eigenvalue weighted by molar-refractivity contribution is 0.0982. The van der Waals surface area contributed by atoms with E-state index < -0.39 is 0 Å². The fourth-order valence-corrected chi connectivity index (χ4v) is 2.17. The van der Waals surface area contributed by atoms with Crippen LogP contribution in [0.1, 0.15) is 22.3 Å². The van der Waals surface area contributed by atoms with Gasteiger partial charge in [0.1, 0.15) is 0 Å². The molecule has 0 radical (unpaired) electrons. The fourth-order valence-electron chi connectivity index (χ4n) is 2.17. The minimum atomic E-state index is 0.135. The van der Waals surface area contributed by atoms with Gasteiger partial charge in [0.15, 0.2) is 17.3 Å². The smallest absolute Gasteiger partial charge is 0.163 e. The number of benzene rings is 2. The Hall–Kier alpha value is -2.29. The molecule has 0 atom stereocenters. The van der Waals surface area contributed by atoms with E-state index in [1.165, 1.54) is 0 Å². The van der Waals surface area contributed by atoms with Crippen molar-refractivity contribution in [3.05, 3.63) is 59.7 Å². The lowest BCUT2D eigenvalue weighted by Crippen LogP contribution is -2.02. The molecule has 0 aliphatic carbocycles. The third kappa shape index (κ3) is 3.18. The van der Waals surface area contributed by atoms with Gasteiger partial charge in [0.2, 0.25) is 0 Å². The molecule has 3 heteroatoms. The summed E-state index contributed by atoms with van der Waals surface area (Å²) in [6, 6.07) is 15.0. The van der Waals surface area contributed by atoms with Gasteiger partial charge < -0.3 is 9.47 Å². The molecule has 0 aliphatic rings. The number of carbonyl (C=O) groups is 1. The molecule has 0 unspecified atom stereocenters. The number of para-hydroxylation sites is 1. The fraction of sp³-hybridized carbons (Fsp3) is 0.235. The zero-order chi connectivity index (χ0) is 14.4. The lowest BCUT2D eigenvalue weighted by Gasteiger charge is -2.12. The van der Waals surface area contributed by atoms with Crippen LogP contribution in [0.3, 0.4) is 0 Å². The van der Waals surface area contributed by atoms with Crippen molar-refractivity contribution < 1.29 is 14.3 Å². The van der Waals surface area contributed by atoms with E-state index in [2.05, 4.69) is 0 Å². The molecular weight excluding hydrogens is 252 g/mol. The van der Waals surface area contributed by atoms with Crippen LogP contribution >= 0.6 is 0 Å². The Morgan fingerprint density at radius 2 is 1.70 bits per heavy atom. The number of carbonyl (C=O) groups excluding carboxylic acids is 1. The number of hydrogen-bond acceptors (Lipinski definition) is 3. The molecule has 2 aromatic carbocycles. The van der Waals surface area contributed by atoms with Crippen LogP contribution in [-0.2, 0) is 6.42 Å². The van der Waals surface area contributed by atoms with E-state index in [0.29, 0.717) is 24.3 Å². The summed E-state index contributed by atoms with van der Waals surface area (Å²) in [4.78, 5) is 12.1. The lowest BCUT2D eigenvalue weighted by atomic mass is 10.0. The van der Waals surface area contributed by atoms with Gasteiger partial charge in [-0.3, -0.25) is 4.79 Å². The molecule has 0 bridgehead atoms. The summed E-state index contributed by atoms with van der Waals surface area (Å²) < 4.78 is 10.6. The standard InChI is InChI=1S/C17H18O3/c1-19-16-10-6-9-14(17(16)20-2)11-12-15(18)13-7-4-3-5-8-13/h3-10H,11-12H2,1-2H3. The summed E-state index contributed by atoms with van der Waals surface area (Å²) in [5.74, 6) is 1.53. The van der Waals surface area contributed by atoms with Gasteiger partial charge in [-0.2, -0.15) is 0 Å².